The lowest BCUT2D eigenvalue weighted by Crippen LogP contribution is -1.99. The van der Waals surface area contributed by atoms with E-state index in [0.29, 0.717) is 13.2 Å². The number of aromatic nitrogens is 1. The highest BCUT2D eigenvalue weighted by Gasteiger charge is 2.05. The maximum Gasteiger partial charge on any atom is 0.0901 e. The highest BCUT2D eigenvalue weighted by atomic mass is 32.1. The van der Waals surface area contributed by atoms with Gasteiger partial charge in [0.1, 0.15) is 0 Å². The summed E-state index contributed by atoms with van der Waals surface area (Å²) < 4.78 is 4.97. The largest absolute Gasteiger partial charge is 0.378 e. The first-order valence-corrected chi connectivity index (χ1v) is 4.23. The standard InChI is InChI=1S/C7H12N2OS/c1-5-9-6(4-10-2)7(3-8)11-5/h3-4,8H2,1-2H3. The highest BCUT2D eigenvalue weighted by Crippen LogP contribution is 2.17. The van der Waals surface area contributed by atoms with Crippen LogP contribution in [0.15, 0.2) is 0 Å². The summed E-state index contributed by atoms with van der Waals surface area (Å²) in [7, 11) is 1.66. The average molecular weight is 172 g/mol. The van der Waals surface area contributed by atoms with E-state index in [1.54, 1.807) is 18.4 Å². The van der Waals surface area contributed by atoms with Gasteiger partial charge in [0, 0.05) is 18.5 Å². The third-order valence-electron chi connectivity index (χ3n) is 1.35. The van der Waals surface area contributed by atoms with E-state index in [2.05, 4.69) is 4.98 Å². The number of hydrogen-bond donors (Lipinski definition) is 1. The molecule has 1 rings (SSSR count). The summed E-state index contributed by atoms with van der Waals surface area (Å²) in [6.45, 7) is 3.10. The maximum absolute atomic E-state index is 5.51. The van der Waals surface area contributed by atoms with Crippen LogP contribution in [0, 0.1) is 6.92 Å². The van der Waals surface area contributed by atoms with Gasteiger partial charge in [-0.05, 0) is 6.92 Å². The van der Waals surface area contributed by atoms with Crippen molar-refractivity contribution in [2.75, 3.05) is 7.11 Å². The van der Waals surface area contributed by atoms with Gasteiger partial charge in [0.25, 0.3) is 0 Å². The van der Waals surface area contributed by atoms with Gasteiger partial charge in [-0.3, -0.25) is 0 Å². The van der Waals surface area contributed by atoms with Crippen molar-refractivity contribution in [3.8, 4) is 0 Å². The van der Waals surface area contributed by atoms with E-state index in [9.17, 15) is 0 Å². The second-order valence-electron chi connectivity index (χ2n) is 2.24. The lowest BCUT2D eigenvalue weighted by atomic mass is 10.4. The Bertz CT molecular complexity index is 234. The molecule has 0 aliphatic heterocycles. The van der Waals surface area contributed by atoms with Crippen molar-refractivity contribution in [1.82, 2.24) is 4.98 Å². The summed E-state index contributed by atoms with van der Waals surface area (Å²) in [4.78, 5) is 5.41. The molecule has 0 fully saturated rings. The number of nitrogens with zero attached hydrogens (tertiary/aromatic N) is 1. The molecule has 0 unspecified atom stereocenters. The smallest absolute Gasteiger partial charge is 0.0901 e. The van der Waals surface area contributed by atoms with Crippen molar-refractivity contribution in [2.24, 2.45) is 5.73 Å². The lowest BCUT2D eigenvalue weighted by Gasteiger charge is -1.95. The maximum atomic E-state index is 5.51. The van der Waals surface area contributed by atoms with Crippen molar-refractivity contribution in [3.05, 3.63) is 15.6 Å². The van der Waals surface area contributed by atoms with Crippen LogP contribution in [0.5, 0.6) is 0 Å². The molecule has 0 bridgehead atoms. The normalized spacial score (nSPS) is 10.5. The quantitative estimate of drug-likeness (QED) is 0.741. The number of thiazole rings is 1. The van der Waals surface area contributed by atoms with Gasteiger partial charge < -0.3 is 10.5 Å². The first-order chi connectivity index (χ1) is 5.27. The Morgan fingerprint density at radius 2 is 2.36 bits per heavy atom. The molecule has 11 heavy (non-hydrogen) atoms. The summed E-state index contributed by atoms with van der Waals surface area (Å²) in [5.74, 6) is 0. The van der Waals surface area contributed by atoms with Gasteiger partial charge in [0.2, 0.25) is 0 Å². The molecular formula is C7H12N2OS. The van der Waals surface area contributed by atoms with Crippen LogP contribution in [-0.4, -0.2) is 12.1 Å². The first-order valence-electron chi connectivity index (χ1n) is 3.42. The van der Waals surface area contributed by atoms with Gasteiger partial charge in [-0.15, -0.1) is 11.3 Å². The van der Waals surface area contributed by atoms with Crippen LogP contribution in [0.4, 0.5) is 0 Å². The van der Waals surface area contributed by atoms with Gasteiger partial charge in [-0.1, -0.05) is 0 Å². The minimum atomic E-state index is 0.560. The minimum absolute atomic E-state index is 0.560. The molecule has 3 nitrogen and oxygen atoms in total. The number of hydrogen-bond acceptors (Lipinski definition) is 4. The van der Waals surface area contributed by atoms with E-state index in [1.165, 1.54) is 0 Å². The highest BCUT2D eigenvalue weighted by molar-refractivity contribution is 7.11. The molecule has 0 amide bonds. The first kappa shape index (κ1) is 8.64. The van der Waals surface area contributed by atoms with E-state index in [-0.39, 0.29) is 0 Å². The number of aryl methyl sites for hydroxylation is 1. The van der Waals surface area contributed by atoms with Crippen molar-refractivity contribution in [1.29, 1.82) is 0 Å². The third kappa shape index (κ3) is 1.99. The predicted octanol–water partition coefficient (Wildman–Crippen LogP) is 1.06. The van der Waals surface area contributed by atoms with Crippen molar-refractivity contribution >= 4 is 11.3 Å². The predicted molar refractivity (Wildman–Crippen MR) is 45.5 cm³/mol. The zero-order valence-electron chi connectivity index (χ0n) is 6.76. The van der Waals surface area contributed by atoms with E-state index in [1.807, 2.05) is 6.92 Å². The van der Waals surface area contributed by atoms with E-state index < -0.39 is 0 Å². The van der Waals surface area contributed by atoms with E-state index in [0.717, 1.165) is 15.6 Å². The van der Waals surface area contributed by atoms with Crippen LogP contribution in [-0.2, 0) is 17.9 Å². The summed E-state index contributed by atoms with van der Waals surface area (Å²) in [5.41, 5.74) is 6.49. The Hall–Kier alpha value is -0.450. The molecule has 1 aromatic rings. The Kier molecular flexibility index (Phi) is 2.99. The molecule has 0 spiro atoms. The van der Waals surface area contributed by atoms with Crippen LogP contribution in [0.2, 0.25) is 0 Å². The summed E-state index contributed by atoms with van der Waals surface area (Å²) in [5, 5.41) is 1.05. The zero-order valence-corrected chi connectivity index (χ0v) is 7.57. The van der Waals surface area contributed by atoms with Gasteiger partial charge in [0.15, 0.2) is 0 Å². The second-order valence-corrected chi connectivity index (χ2v) is 3.53. The summed E-state index contributed by atoms with van der Waals surface area (Å²) in [6, 6.07) is 0. The van der Waals surface area contributed by atoms with Crippen LogP contribution in [0.3, 0.4) is 0 Å². The van der Waals surface area contributed by atoms with Crippen LogP contribution in [0.25, 0.3) is 0 Å². The molecule has 0 saturated heterocycles. The molecule has 0 saturated carbocycles. The summed E-state index contributed by atoms with van der Waals surface area (Å²) in [6.07, 6.45) is 0. The Balaban J connectivity index is 2.83. The molecule has 0 aliphatic carbocycles. The molecule has 0 aliphatic rings. The van der Waals surface area contributed by atoms with Crippen molar-refractivity contribution < 1.29 is 4.74 Å². The molecule has 0 radical (unpaired) electrons. The van der Waals surface area contributed by atoms with Crippen molar-refractivity contribution in [3.63, 3.8) is 0 Å². The minimum Gasteiger partial charge on any atom is -0.378 e. The topological polar surface area (TPSA) is 48.1 Å². The molecule has 0 atom stereocenters. The zero-order chi connectivity index (χ0) is 8.27. The molecule has 4 heteroatoms. The van der Waals surface area contributed by atoms with E-state index in [4.69, 9.17) is 10.5 Å². The van der Waals surface area contributed by atoms with Gasteiger partial charge >= 0.3 is 0 Å². The number of methoxy groups -OCH3 is 1. The summed E-state index contributed by atoms with van der Waals surface area (Å²) >= 11 is 1.64. The average Bonchev–Trinajstić information content (AvgIpc) is 2.32. The van der Waals surface area contributed by atoms with Crippen molar-refractivity contribution in [2.45, 2.75) is 20.1 Å². The van der Waals surface area contributed by atoms with Crippen LogP contribution in [0.1, 0.15) is 15.6 Å². The fraction of sp³-hybridized carbons (Fsp3) is 0.571. The molecule has 0 aromatic carbocycles. The van der Waals surface area contributed by atoms with E-state index >= 15 is 0 Å². The molecule has 2 N–H and O–H groups in total. The van der Waals surface area contributed by atoms with Gasteiger partial charge in [-0.25, -0.2) is 4.98 Å². The van der Waals surface area contributed by atoms with Gasteiger partial charge in [-0.2, -0.15) is 0 Å². The number of ether oxygens (including phenoxy) is 1. The number of nitrogens with two attached hydrogens (primary N) is 1. The second kappa shape index (κ2) is 3.80. The van der Waals surface area contributed by atoms with Gasteiger partial charge in [0.05, 0.1) is 17.3 Å². The fourth-order valence-corrected chi connectivity index (χ4v) is 1.74. The SMILES string of the molecule is COCc1nc(C)sc1CN. The number of rotatable bonds is 3. The molecule has 1 heterocycles. The monoisotopic (exact) mass is 172 g/mol. The molecule has 62 valence electrons. The lowest BCUT2D eigenvalue weighted by molar-refractivity contribution is 0.181. The third-order valence-corrected chi connectivity index (χ3v) is 2.39. The Labute approximate surface area is 70.2 Å². The molecular weight excluding hydrogens is 160 g/mol. The molecule has 1 aromatic heterocycles. The van der Waals surface area contributed by atoms with Crippen LogP contribution >= 0.6 is 11.3 Å². The fourth-order valence-electron chi connectivity index (χ4n) is 0.921. The Morgan fingerprint density at radius 3 is 2.91 bits per heavy atom. The van der Waals surface area contributed by atoms with Crippen LogP contribution < -0.4 is 5.73 Å². The Morgan fingerprint density at radius 1 is 1.64 bits per heavy atom.